The molecule has 6 N–H and O–H groups in total. The number of nitrogens with two attached hydrogens (primary N) is 2. The minimum absolute atomic E-state index is 0.183. The summed E-state index contributed by atoms with van der Waals surface area (Å²) >= 11 is 0. The summed E-state index contributed by atoms with van der Waals surface area (Å²) in [4.78, 5) is 24.1. The summed E-state index contributed by atoms with van der Waals surface area (Å²) in [5.41, 5.74) is 11.0. The first-order valence-corrected chi connectivity index (χ1v) is 3.60. The molecule has 0 saturated heterocycles. The van der Waals surface area contributed by atoms with Crippen LogP contribution in [0, 0.1) is 0 Å². The molecule has 1 rings (SSSR count). The van der Waals surface area contributed by atoms with E-state index in [1.165, 1.54) is 12.3 Å². The fourth-order valence-electron chi connectivity index (χ4n) is 0.805. The third-order valence-electron chi connectivity index (χ3n) is 1.37. The van der Waals surface area contributed by atoms with E-state index in [1.54, 1.807) is 0 Å². The maximum Gasteiger partial charge on any atom is 0.268 e. The smallest absolute Gasteiger partial charge is 0.268 e. The Hall–Kier alpha value is -1.98. The van der Waals surface area contributed by atoms with Gasteiger partial charge in [0, 0.05) is 11.9 Å². The fourth-order valence-corrected chi connectivity index (χ4v) is 0.805. The Morgan fingerprint density at radius 2 is 2.23 bits per heavy atom. The second kappa shape index (κ2) is 3.61. The van der Waals surface area contributed by atoms with Crippen molar-refractivity contribution in [3.8, 4) is 0 Å². The van der Waals surface area contributed by atoms with Gasteiger partial charge in [0.25, 0.3) is 5.91 Å². The fraction of sp³-hybridized carbons (Fsp3) is 0.143. The first kappa shape index (κ1) is 9.11. The third-order valence-corrected chi connectivity index (χ3v) is 1.37. The number of aromatic amines is 1. The van der Waals surface area contributed by atoms with Crippen molar-refractivity contribution in [1.82, 2.24) is 10.3 Å². The van der Waals surface area contributed by atoms with Crippen LogP contribution in [0.4, 0.5) is 5.69 Å². The van der Waals surface area contributed by atoms with Crippen LogP contribution >= 0.6 is 0 Å². The number of hydrogen-bond donors (Lipinski definition) is 4. The molecular weight excluding hydrogens is 172 g/mol. The molecule has 6 nitrogen and oxygen atoms in total. The van der Waals surface area contributed by atoms with Crippen LogP contribution in [0.3, 0.4) is 0 Å². The molecule has 2 amide bonds. The highest BCUT2D eigenvalue weighted by atomic mass is 16.2. The zero-order valence-corrected chi connectivity index (χ0v) is 6.83. The van der Waals surface area contributed by atoms with E-state index in [4.69, 9.17) is 11.5 Å². The molecular formula is C7H10N4O2. The van der Waals surface area contributed by atoms with Crippen molar-refractivity contribution in [2.75, 3.05) is 12.3 Å². The van der Waals surface area contributed by atoms with Crippen molar-refractivity contribution in [1.29, 1.82) is 0 Å². The minimum atomic E-state index is -0.590. The number of primary amides is 1. The first-order chi connectivity index (χ1) is 6.09. The Labute approximate surface area is 74.3 Å². The minimum Gasteiger partial charge on any atom is -0.397 e. The van der Waals surface area contributed by atoms with E-state index in [9.17, 15) is 9.59 Å². The number of carbonyl (C=O) groups is 2. The maximum absolute atomic E-state index is 11.2. The normalized spacial score (nSPS) is 9.54. The zero-order chi connectivity index (χ0) is 9.84. The number of rotatable bonds is 3. The number of H-pyrrole nitrogens is 1. The number of aromatic nitrogens is 1. The lowest BCUT2D eigenvalue weighted by atomic mass is 10.4. The third kappa shape index (κ3) is 2.51. The number of hydrogen-bond acceptors (Lipinski definition) is 3. The number of anilines is 1. The average molecular weight is 182 g/mol. The van der Waals surface area contributed by atoms with E-state index in [0.717, 1.165) is 0 Å². The van der Waals surface area contributed by atoms with E-state index < -0.39 is 11.8 Å². The van der Waals surface area contributed by atoms with Gasteiger partial charge in [-0.25, -0.2) is 0 Å². The van der Waals surface area contributed by atoms with Crippen LogP contribution in [0.25, 0.3) is 0 Å². The molecule has 0 aliphatic rings. The Kier molecular flexibility index (Phi) is 2.53. The second-order valence-electron chi connectivity index (χ2n) is 2.50. The van der Waals surface area contributed by atoms with E-state index in [1.807, 2.05) is 0 Å². The highest BCUT2D eigenvalue weighted by Gasteiger charge is 2.07. The van der Waals surface area contributed by atoms with E-state index in [0.29, 0.717) is 11.4 Å². The van der Waals surface area contributed by atoms with Crippen LogP contribution in [-0.2, 0) is 4.79 Å². The van der Waals surface area contributed by atoms with Gasteiger partial charge in [0.2, 0.25) is 5.91 Å². The molecule has 0 aromatic carbocycles. The SMILES string of the molecule is NC(=O)CNC(=O)c1cc(N)c[nH]1. The topological polar surface area (TPSA) is 114 Å². The van der Waals surface area contributed by atoms with Gasteiger partial charge >= 0.3 is 0 Å². The van der Waals surface area contributed by atoms with Crippen LogP contribution < -0.4 is 16.8 Å². The number of carbonyl (C=O) groups excluding carboxylic acids is 2. The Bertz CT molecular complexity index is 331. The van der Waals surface area contributed by atoms with Crippen LogP contribution in [0.1, 0.15) is 10.5 Å². The standard InChI is InChI=1S/C7H10N4O2/c8-4-1-5(10-2-4)7(13)11-3-6(9)12/h1-2,10H,3,8H2,(H2,9,12)(H,11,13). The molecule has 0 fully saturated rings. The van der Waals surface area contributed by atoms with Crippen molar-refractivity contribution in [2.24, 2.45) is 5.73 Å². The van der Waals surface area contributed by atoms with Gasteiger partial charge in [-0.15, -0.1) is 0 Å². The molecule has 0 radical (unpaired) electrons. The maximum atomic E-state index is 11.2. The molecule has 1 aromatic heterocycles. The Balaban J connectivity index is 2.54. The number of nitrogens with one attached hydrogen (secondary N) is 2. The lowest BCUT2D eigenvalue weighted by Crippen LogP contribution is -2.33. The average Bonchev–Trinajstić information content (AvgIpc) is 2.47. The van der Waals surface area contributed by atoms with Crippen molar-refractivity contribution in [2.45, 2.75) is 0 Å². The molecule has 0 atom stereocenters. The van der Waals surface area contributed by atoms with Crippen LogP contribution in [0.15, 0.2) is 12.3 Å². The summed E-state index contributed by atoms with van der Waals surface area (Å²) in [5.74, 6) is -0.997. The Morgan fingerprint density at radius 3 is 2.69 bits per heavy atom. The molecule has 0 aliphatic heterocycles. The van der Waals surface area contributed by atoms with Gasteiger partial charge < -0.3 is 21.8 Å². The van der Waals surface area contributed by atoms with E-state index in [2.05, 4.69) is 10.3 Å². The van der Waals surface area contributed by atoms with Crippen molar-refractivity contribution < 1.29 is 9.59 Å². The summed E-state index contributed by atoms with van der Waals surface area (Å²) in [7, 11) is 0. The molecule has 0 spiro atoms. The van der Waals surface area contributed by atoms with Crippen LogP contribution in [-0.4, -0.2) is 23.3 Å². The molecule has 0 unspecified atom stereocenters. The van der Waals surface area contributed by atoms with Crippen molar-refractivity contribution in [3.63, 3.8) is 0 Å². The zero-order valence-electron chi connectivity index (χ0n) is 6.83. The highest BCUT2D eigenvalue weighted by Crippen LogP contribution is 2.03. The lowest BCUT2D eigenvalue weighted by molar-refractivity contribution is -0.117. The van der Waals surface area contributed by atoms with Crippen LogP contribution in [0.2, 0.25) is 0 Å². The molecule has 0 saturated carbocycles. The van der Waals surface area contributed by atoms with Gasteiger partial charge in [0.15, 0.2) is 0 Å². The van der Waals surface area contributed by atoms with Crippen molar-refractivity contribution in [3.05, 3.63) is 18.0 Å². The molecule has 13 heavy (non-hydrogen) atoms. The lowest BCUT2D eigenvalue weighted by Gasteiger charge is -1.98. The quantitative estimate of drug-likeness (QED) is 0.471. The summed E-state index contributed by atoms with van der Waals surface area (Å²) in [6.45, 7) is -0.183. The molecule has 0 aliphatic carbocycles. The van der Waals surface area contributed by atoms with Gasteiger partial charge in [0.1, 0.15) is 5.69 Å². The summed E-state index contributed by atoms with van der Waals surface area (Å²) in [6, 6.07) is 1.47. The number of amides is 2. The molecule has 70 valence electrons. The molecule has 1 aromatic rings. The predicted octanol–water partition coefficient (Wildman–Crippen LogP) is -1.19. The predicted molar refractivity (Wildman–Crippen MR) is 46.7 cm³/mol. The summed E-state index contributed by atoms with van der Waals surface area (Å²) in [5, 5.41) is 2.31. The monoisotopic (exact) mass is 182 g/mol. The largest absolute Gasteiger partial charge is 0.397 e. The highest BCUT2D eigenvalue weighted by molar-refractivity contribution is 5.95. The van der Waals surface area contributed by atoms with Crippen molar-refractivity contribution >= 4 is 17.5 Å². The summed E-state index contributed by atoms with van der Waals surface area (Å²) < 4.78 is 0. The molecule has 1 heterocycles. The first-order valence-electron chi connectivity index (χ1n) is 3.60. The van der Waals surface area contributed by atoms with Crippen LogP contribution in [0.5, 0.6) is 0 Å². The van der Waals surface area contributed by atoms with Gasteiger partial charge in [-0.1, -0.05) is 0 Å². The number of nitrogen functional groups attached to an aromatic ring is 1. The van der Waals surface area contributed by atoms with E-state index in [-0.39, 0.29) is 6.54 Å². The van der Waals surface area contributed by atoms with Gasteiger partial charge in [-0.2, -0.15) is 0 Å². The molecule has 0 bridgehead atoms. The molecule has 6 heteroatoms. The van der Waals surface area contributed by atoms with Gasteiger partial charge in [-0.05, 0) is 6.07 Å². The Morgan fingerprint density at radius 1 is 1.54 bits per heavy atom. The van der Waals surface area contributed by atoms with E-state index >= 15 is 0 Å². The summed E-state index contributed by atoms with van der Waals surface area (Å²) in [6.07, 6.45) is 1.49. The second-order valence-corrected chi connectivity index (χ2v) is 2.50. The van der Waals surface area contributed by atoms with Gasteiger partial charge in [0.05, 0.1) is 6.54 Å². The van der Waals surface area contributed by atoms with Gasteiger partial charge in [-0.3, -0.25) is 9.59 Å².